The third kappa shape index (κ3) is 14.8. The molecule has 82 valence electrons. The smallest absolute Gasteiger partial charge is 1.00 e. The molecule has 0 amide bonds. The van der Waals surface area contributed by atoms with E-state index in [1.807, 2.05) is 0 Å². The molecule has 0 aliphatic carbocycles. The molecule has 14 heavy (non-hydrogen) atoms. The Labute approximate surface area is 147 Å². The zero-order valence-corrected chi connectivity index (χ0v) is 14.1. The Morgan fingerprint density at radius 1 is 1.14 bits per heavy atom. The second-order valence-corrected chi connectivity index (χ2v) is 4.98. The SMILES string of the molecule is CC(C)OP(=O)(O)OP(=O)(O)O.[Ca+2].[Ca+2].[H-].[H-].[H-].[H-]. The molecule has 1 unspecified atom stereocenters. The van der Waals surface area contributed by atoms with Crippen LogP contribution in [0.15, 0.2) is 0 Å². The van der Waals surface area contributed by atoms with Crippen LogP contribution in [-0.4, -0.2) is 96.3 Å². The van der Waals surface area contributed by atoms with Crippen LogP contribution in [0.2, 0.25) is 0 Å². The zero-order valence-electron chi connectivity index (χ0n) is 11.9. The first-order valence-corrected chi connectivity index (χ1v) is 5.93. The van der Waals surface area contributed by atoms with E-state index in [1.165, 1.54) is 13.8 Å². The minimum Gasteiger partial charge on any atom is -1.00 e. The number of hydrogen-bond acceptors (Lipinski definition) is 4. The van der Waals surface area contributed by atoms with Crippen LogP contribution in [0.4, 0.5) is 0 Å². The molecule has 0 heterocycles. The van der Waals surface area contributed by atoms with Crippen molar-refractivity contribution in [1.29, 1.82) is 0 Å². The van der Waals surface area contributed by atoms with Crippen molar-refractivity contribution in [1.82, 2.24) is 0 Å². The van der Waals surface area contributed by atoms with E-state index in [-0.39, 0.29) is 81.2 Å². The van der Waals surface area contributed by atoms with Gasteiger partial charge in [0.1, 0.15) is 0 Å². The molecule has 0 radical (unpaired) electrons. The van der Waals surface area contributed by atoms with Gasteiger partial charge >= 0.3 is 91.1 Å². The van der Waals surface area contributed by atoms with Crippen LogP contribution in [0.5, 0.6) is 0 Å². The third-order valence-corrected chi connectivity index (χ3v) is 2.92. The van der Waals surface area contributed by atoms with Crippen molar-refractivity contribution in [2.75, 3.05) is 0 Å². The summed E-state index contributed by atoms with van der Waals surface area (Å²) in [6, 6.07) is 0. The summed E-state index contributed by atoms with van der Waals surface area (Å²) < 4.78 is 28.4. The predicted molar refractivity (Wildman–Crippen MR) is 55.1 cm³/mol. The van der Waals surface area contributed by atoms with E-state index in [9.17, 15) is 9.13 Å². The van der Waals surface area contributed by atoms with E-state index in [2.05, 4.69) is 8.83 Å². The van der Waals surface area contributed by atoms with Gasteiger partial charge in [-0.25, -0.2) is 9.13 Å². The fourth-order valence-corrected chi connectivity index (χ4v) is 2.18. The van der Waals surface area contributed by atoms with Gasteiger partial charge in [0.05, 0.1) is 6.10 Å². The van der Waals surface area contributed by atoms with Crippen molar-refractivity contribution in [2.45, 2.75) is 20.0 Å². The molecular weight excluding hydrogens is 290 g/mol. The Bertz CT molecular complexity index is 251. The molecule has 0 saturated heterocycles. The molecule has 11 heteroatoms. The second-order valence-electron chi connectivity index (χ2n) is 2.19. The second kappa shape index (κ2) is 8.81. The van der Waals surface area contributed by atoms with Gasteiger partial charge in [-0.3, -0.25) is 4.52 Å². The minimum absolute atomic E-state index is 0. The van der Waals surface area contributed by atoms with Gasteiger partial charge in [-0.2, -0.15) is 4.31 Å². The van der Waals surface area contributed by atoms with Gasteiger partial charge in [-0.15, -0.1) is 0 Å². The largest absolute Gasteiger partial charge is 2.00 e. The molecule has 0 aromatic heterocycles. The summed E-state index contributed by atoms with van der Waals surface area (Å²) in [5.74, 6) is 0. The number of phosphoric ester groups is 1. The molecule has 0 rings (SSSR count). The molecule has 7 nitrogen and oxygen atoms in total. The van der Waals surface area contributed by atoms with E-state index in [0.717, 1.165) is 0 Å². The van der Waals surface area contributed by atoms with Gasteiger partial charge in [0.25, 0.3) is 0 Å². The standard InChI is InChI=1S/C3H10O7P2.2Ca.4H/c1-3(2)9-12(7,8)10-11(4,5)6;;;;;;/h3H,1-2H3,(H,7,8)(H2,4,5,6);;;;;;/q;2*+2;4*-1. The van der Waals surface area contributed by atoms with Crippen LogP contribution in [0.25, 0.3) is 0 Å². The van der Waals surface area contributed by atoms with Gasteiger partial charge in [0.15, 0.2) is 0 Å². The van der Waals surface area contributed by atoms with Crippen LogP contribution in [-0.2, 0) is 18.0 Å². The summed E-state index contributed by atoms with van der Waals surface area (Å²) >= 11 is 0. The van der Waals surface area contributed by atoms with E-state index in [0.29, 0.717) is 0 Å². The Kier molecular flexibility index (Phi) is 13.8. The molecule has 0 bridgehead atoms. The number of hydrogen-bond donors (Lipinski definition) is 3. The molecule has 0 aliphatic heterocycles. The Morgan fingerprint density at radius 2 is 1.50 bits per heavy atom. The number of phosphoric acid groups is 2. The van der Waals surface area contributed by atoms with Crippen LogP contribution in [0.3, 0.4) is 0 Å². The van der Waals surface area contributed by atoms with Crippen molar-refractivity contribution in [2.24, 2.45) is 0 Å². The molecule has 3 N–H and O–H groups in total. The zero-order chi connectivity index (χ0) is 9.99. The van der Waals surface area contributed by atoms with E-state index < -0.39 is 21.7 Å². The summed E-state index contributed by atoms with van der Waals surface area (Å²) in [4.78, 5) is 24.9. The maximum atomic E-state index is 10.7. The third-order valence-electron chi connectivity index (χ3n) is 0.554. The predicted octanol–water partition coefficient (Wildman–Crippen LogP) is 0.309. The first-order chi connectivity index (χ1) is 5.12. The van der Waals surface area contributed by atoms with Gasteiger partial charge in [0.2, 0.25) is 0 Å². The van der Waals surface area contributed by atoms with Crippen molar-refractivity contribution in [3.8, 4) is 0 Å². The average Bonchev–Trinajstić information content (AvgIpc) is 1.48. The molecule has 0 fully saturated rings. The van der Waals surface area contributed by atoms with Crippen molar-refractivity contribution in [3.63, 3.8) is 0 Å². The summed E-state index contributed by atoms with van der Waals surface area (Å²) in [5, 5.41) is 0. The Morgan fingerprint density at radius 3 is 1.71 bits per heavy atom. The van der Waals surface area contributed by atoms with Gasteiger partial charge < -0.3 is 20.4 Å². The van der Waals surface area contributed by atoms with E-state index in [1.54, 1.807) is 0 Å². The number of rotatable bonds is 4. The molecule has 0 spiro atoms. The summed E-state index contributed by atoms with van der Waals surface area (Å²) in [5.41, 5.74) is 0. The fourth-order valence-electron chi connectivity index (χ4n) is 0.420. The maximum absolute atomic E-state index is 10.7. The molecule has 0 saturated carbocycles. The van der Waals surface area contributed by atoms with Crippen molar-refractivity contribution >= 4 is 91.1 Å². The quantitative estimate of drug-likeness (QED) is 0.506. The van der Waals surface area contributed by atoms with E-state index >= 15 is 0 Å². The average molecular weight is 304 g/mol. The molecular formula is C3H14Ca2O7P2. The molecule has 0 aromatic rings. The van der Waals surface area contributed by atoms with Crippen LogP contribution in [0.1, 0.15) is 19.6 Å². The van der Waals surface area contributed by atoms with Crippen molar-refractivity contribution in [3.05, 3.63) is 0 Å². The molecule has 1 atom stereocenters. The van der Waals surface area contributed by atoms with Gasteiger partial charge in [-0.1, -0.05) is 0 Å². The monoisotopic (exact) mass is 304 g/mol. The van der Waals surface area contributed by atoms with Crippen LogP contribution in [0, 0.1) is 0 Å². The van der Waals surface area contributed by atoms with Gasteiger partial charge in [-0.05, 0) is 13.8 Å². The topological polar surface area (TPSA) is 113 Å². The fraction of sp³-hybridized carbons (Fsp3) is 1.00. The minimum atomic E-state index is -4.98. The Hall–Kier alpha value is 2.78. The summed E-state index contributed by atoms with van der Waals surface area (Å²) in [6.07, 6.45) is -0.660. The Balaban J connectivity index is -0.0000000403. The molecule has 0 aliphatic rings. The summed E-state index contributed by atoms with van der Waals surface area (Å²) in [6.45, 7) is 2.85. The van der Waals surface area contributed by atoms with Crippen LogP contribution < -0.4 is 0 Å². The first-order valence-electron chi connectivity index (χ1n) is 2.90. The van der Waals surface area contributed by atoms with Crippen LogP contribution >= 0.6 is 15.6 Å². The van der Waals surface area contributed by atoms with Crippen molar-refractivity contribution < 1.29 is 38.4 Å². The maximum Gasteiger partial charge on any atom is 2.00 e. The first kappa shape index (κ1) is 22.0. The van der Waals surface area contributed by atoms with E-state index in [4.69, 9.17) is 14.7 Å². The molecule has 0 aromatic carbocycles. The normalized spacial score (nSPS) is 15.3. The summed E-state index contributed by atoms with van der Waals surface area (Å²) in [7, 11) is -9.61. The van der Waals surface area contributed by atoms with Gasteiger partial charge in [0, 0.05) is 0 Å².